The van der Waals surface area contributed by atoms with Gasteiger partial charge in [-0.05, 0) is 39.3 Å². The highest BCUT2D eigenvalue weighted by molar-refractivity contribution is 14.0. The number of carbonyl (C=O) groups is 1. The summed E-state index contributed by atoms with van der Waals surface area (Å²) in [7, 11) is 1.66. The van der Waals surface area contributed by atoms with E-state index in [4.69, 9.17) is 16.3 Å². The molecule has 0 aliphatic rings. The van der Waals surface area contributed by atoms with Crippen molar-refractivity contribution >= 4 is 47.4 Å². The fourth-order valence-corrected chi connectivity index (χ4v) is 2.23. The lowest BCUT2D eigenvalue weighted by Crippen LogP contribution is -2.49. The summed E-state index contributed by atoms with van der Waals surface area (Å²) >= 11 is 6.13. The summed E-state index contributed by atoms with van der Waals surface area (Å²) in [6, 6.07) is 7.39. The first kappa shape index (κ1) is 24.8. The van der Waals surface area contributed by atoms with Crippen molar-refractivity contribution in [3.63, 3.8) is 0 Å². The largest absolute Gasteiger partial charge is 0.487 e. The minimum absolute atomic E-state index is 0. The van der Waals surface area contributed by atoms with E-state index in [0.29, 0.717) is 23.3 Å². The van der Waals surface area contributed by atoms with E-state index in [9.17, 15) is 4.79 Å². The van der Waals surface area contributed by atoms with Crippen molar-refractivity contribution in [1.82, 2.24) is 16.0 Å². The van der Waals surface area contributed by atoms with E-state index in [-0.39, 0.29) is 48.1 Å². The molecular formula is C18H30ClIN4O2. The van der Waals surface area contributed by atoms with Gasteiger partial charge in [0.1, 0.15) is 11.9 Å². The van der Waals surface area contributed by atoms with E-state index in [1.807, 2.05) is 45.9 Å². The molecule has 0 radical (unpaired) electrons. The summed E-state index contributed by atoms with van der Waals surface area (Å²) in [5, 5.41) is 9.64. The summed E-state index contributed by atoms with van der Waals surface area (Å²) < 4.78 is 5.92. The number of ether oxygens (including phenoxy) is 1. The fourth-order valence-electron chi connectivity index (χ4n) is 2.05. The van der Waals surface area contributed by atoms with Crippen LogP contribution in [0.1, 0.15) is 34.1 Å². The van der Waals surface area contributed by atoms with Gasteiger partial charge in [0.25, 0.3) is 0 Å². The molecule has 0 spiro atoms. The van der Waals surface area contributed by atoms with E-state index in [0.717, 1.165) is 6.42 Å². The maximum absolute atomic E-state index is 11.9. The molecule has 1 rings (SSSR count). The molecule has 0 fully saturated rings. The molecule has 1 amide bonds. The molecule has 8 heteroatoms. The highest BCUT2D eigenvalue weighted by atomic mass is 127. The number of benzene rings is 1. The van der Waals surface area contributed by atoms with Gasteiger partial charge in [0.05, 0.1) is 18.1 Å². The Bertz CT molecular complexity index is 591. The van der Waals surface area contributed by atoms with Crippen LogP contribution in [0, 0.1) is 0 Å². The number of hydrogen-bond donors (Lipinski definition) is 3. The molecule has 1 unspecified atom stereocenters. The minimum atomic E-state index is -0.258. The van der Waals surface area contributed by atoms with E-state index < -0.39 is 0 Å². The summed E-state index contributed by atoms with van der Waals surface area (Å²) in [5.74, 6) is 1.12. The van der Waals surface area contributed by atoms with Crippen molar-refractivity contribution in [1.29, 1.82) is 0 Å². The number of rotatable bonds is 7. The lowest BCUT2D eigenvalue weighted by Gasteiger charge is -2.22. The Morgan fingerprint density at radius 1 is 1.27 bits per heavy atom. The predicted molar refractivity (Wildman–Crippen MR) is 119 cm³/mol. The lowest BCUT2D eigenvalue weighted by atomic mass is 10.1. The molecular weight excluding hydrogens is 467 g/mol. The maximum Gasteiger partial charge on any atom is 0.239 e. The number of aliphatic imine (C=N–C) groups is 1. The van der Waals surface area contributed by atoms with Crippen LogP contribution in [0.5, 0.6) is 5.75 Å². The van der Waals surface area contributed by atoms with Crippen LogP contribution in [0.4, 0.5) is 0 Å². The Balaban J connectivity index is 0.00000625. The van der Waals surface area contributed by atoms with Crippen molar-refractivity contribution in [3.8, 4) is 5.75 Å². The Hall–Kier alpha value is -1.22. The van der Waals surface area contributed by atoms with Gasteiger partial charge < -0.3 is 20.7 Å². The number of guanidine groups is 1. The molecule has 6 nitrogen and oxygen atoms in total. The zero-order valence-electron chi connectivity index (χ0n) is 16.1. The van der Waals surface area contributed by atoms with Gasteiger partial charge in [-0.2, -0.15) is 0 Å². The summed E-state index contributed by atoms with van der Waals surface area (Å²) in [6.07, 6.45) is 0.738. The SMILES string of the molecule is CCC(CNC(=NC)NCC(=O)NC(C)(C)C)Oc1ccccc1Cl.I. The second kappa shape index (κ2) is 12.2. The van der Waals surface area contributed by atoms with Crippen LogP contribution in [-0.2, 0) is 4.79 Å². The zero-order chi connectivity index (χ0) is 18.9. The first-order valence-electron chi connectivity index (χ1n) is 8.42. The smallest absolute Gasteiger partial charge is 0.239 e. The van der Waals surface area contributed by atoms with Gasteiger partial charge in [0, 0.05) is 12.6 Å². The lowest BCUT2D eigenvalue weighted by molar-refractivity contribution is -0.121. The number of amides is 1. The molecule has 0 aliphatic heterocycles. The topological polar surface area (TPSA) is 74.8 Å². The Morgan fingerprint density at radius 2 is 1.92 bits per heavy atom. The molecule has 1 aromatic rings. The third-order valence-electron chi connectivity index (χ3n) is 3.24. The number of nitrogens with one attached hydrogen (secondary N) is 3. The van der Waals surface area contributed by atoms with Crippen LogP contribution in [-0.4, -0.2) is 43.6 Å². The summed E-state index contributed by atoms with van der Waals surface area (Å²) in [5.41, 5.74) is -0.258. The third kappa shape index (κ3) is 10.1. The van der Waals surface area contributed by atoms with E-state index in [2.05, 4.69) is 20.9 Å². The van der Waals surface area contributed by atoms with Gasteiger partial charge in [0.2, 0.25) is 5.91 Å². The van der Waals surface area contributed by atoms with E-state index in [1.165, 1.54) is 0 Å². The molecule has 0 bridgehead atoms. The molecule has 0 saturated heterocycles. The van der Waals surface area contributed by atoms with Gasteiger partial charge >= 0.3 is 0 Å². The van der Waals surface area contributed by atoms with Gasteiger partial charge in [0.15, 0.2) is 5.96 Å². The molecule has 0 saturated carbocycles. The Kier molecular flexibility index (Phi) is 11.6. The average Bonchev–Trinajstić information content (AvgIpc) is 2.53. The molecule has 1 atom stereocenters. The highest BCUT2D eigenvalue weighted by Crippen LogP contribution is 2.24. The van der Waals surface area contributed by atoms with Crippen LogP contribution < -0.4 is 20.7 Å². The predicted octanol–water partition coefficient (Wildman–Crippen LogP) is 3.20. The van der Waals surface area contributed by atoms with E-state index >= 15 is 0 Å². The van der Waals surface area contributed by atoms with Gasteiger partial charge in [-0.1, -0.05) is 30.7 Å². The van der Waals surface area contributed by atoms with Gasteiger partial charge in [-0.3, -0.25) is 9.79 Å². The number of carbonyl (C=O) groups excluding carboxylic acids is 1. The molecule has 26 heavy (non-hydrogen) atoms. The number of para-hydroxylation sites is 1. The van der Waals surface area contributed by atoms with Crippen molar-refractivity contribution in [2.45, 2.75) is 45.8 Å². The first-order valence-corrected chi connectivity index (χ1v) is 8.79. The van der Waals surface area contributed by atoms with Crippen molar-refractivity contribution in [3.05, 3.63) is 29.3 Å². The monoisotopic (exact) mass is 496 g/mol. The van der Waals surface area contributed by atoms with Crippen LogP contribution in [0.15, 0.2) is 29.3 Å². The van der Waals surface area contributed by atoms with Crippen molar-refractivity contribution in [2.75, 3.05) is 20.1 Å². The maximum atomic E-state index is 11.9. The van der Waals surface area contributed by atoms with Crippen LogP contribution >= 0.6 is 35.6 Å². The van der Waals surface area contributed by atoms with E-state index in [1.54, 1.807) is 13.1 Å². The second-order valence-corrected chi connectivity index (χ2v) is 7.09. The summed E-state index contributed by atoms with van der Waals surface area (Å²) in [4.78, 5) is 16.0. The molecule has 1 aromatic carbocycles. The standard InChI is InChI=1S/C18H29ClN4O2.HI/c1-6-13(25-15-10-8-7-9-14(15)19)11-21-17(20-5)22-12-16(24)23-18(2,3)4;/h7-10,13H,6,11-12H2,1-5H3,(H,23,24)(H2,20,21,22);1H. The van der Waals surface area contributed by atoms with Crippen LogP contribution in [0.2, 0.25) is 5.02 Å². The number of hydrogen-bond acceptors (Lipinski definition) is 3. The van der Waals surface area contributed by atoms with Gasteiger partial charge in [-0.25, -0.2) is 0 Å². The molecule has 0 aromatic heterocycles. The van der Waals surface area contributed by atoms with Crippen LogP contribution in [0.3, 0.4) is 0 Å². The Morgan fingerprint density at radius 3 is 2.46 bits per heavy atom. The quantitative estimate of drug-likeness (QED) is 0.308. The Labute approximate surface area is 178 Å². The minimum Gasteiger partial charge on any atom is -0.487 e. The molecule has 0 heterocycles. The number of nitrogens with zero attached hydrogens (tertiary/aromatic N) is 1. The first-order chi connectivity index (χ1) is 11.7. The van der Waals surface area contributed by atoms with Crippen LogP contribution in [0.25, 0.3) is 0 Å². The second-order valence-electron chi connectivity index (χ2n) is 6.68. The fraction of sp³-hybridized carbons (Fsp3) is 0.556. The molecule has 3 N–H and O–H groups in total. The van der Waals surface area contributed by atoms with Crippen molar-refractivity contribution in [2.24, 2.45) is 4.99 Å². The molecule has 0 aliphatic carbocycles. The zero-order valence-corrected chi connectivity index (χ0v) is 19.1. The third-order valence-corrected chi connectivity index (χ3v) is 3.55. The van der Waals surface area contributed by atoms with Gasteiger partial charge in [-0.15, -0.1) is 24.0 Å². The average molecular weight is 497 g/mol. The normalized spacial score (nSPS) is 12.6. The molecule has 148 valence electrons. The summed E-state index contributed by atoms with van der Waals surface area (Å²) in [6.45, 7) is 8.55. The van der Waals surface area contributed by atoms with Crippen molar-refractivity contribution < 1.29 is 9.53 Å². The highest BCUT2D eigenvalue weighted by Gasteiger charge is 2.15. The number of halogens is 2.